The fourth-order valence-electron chi connectivity index (χ4n) is 2.31. The lowest BCUT2D eigenvalue weighted by Gasteiger charge is -2.22. The first kappa shape index (κ1) is 16.9. The molecule has 6 heteroatoms. The molecule has 2 N–H and O–H groups in total. The second-order valence-electron chi connectivity index (χ2n) is 6.29. The molecule has 124 valence electrons. The molecule has 0 aliphatic carbocycles. The van der Waals surface area contributed by atoms with Crippen molar-refractivity contribution < 1.29 is 19.1 Å². The quantitative estimate of drug-likeness (QED) is 0.850. The molecule has 6 nitrogen and oxygen atoms in total. The number of alkyl carbamates (subject to hydrolysis) is 1. The predicted molar refractivity (Wildman–Crippen MR) is 87.2 cm³/mol. The molecule has 23 heavy (non-hydrogen) atoms. The van der Waals surface area contributed by atoms with E-state index in [0.29, 0.717) is 6.42 Å². The number of carbonyl (C=O) groups is 2. The lowest BCUT2D eigenvalue weighted by molar-refractivity contribution is -0.143. The number of esters is 1. The second-order valence-corrected chi connectivity index (χ2v) is 6.29. The van der Waals surface area contributed by atoms with E-state index in [9.17, 15) is 9.59 Å². The van der Waals surface area contributed by atoms with Crippen LogP contribution < -0.4 is 5.32 Å². The van der Waals surface area contributed by atoms with Crippen LogP contribution in [0.1, 0.15) is 26.3 Å². The average Bonchev–Trinajstić information content (AvgIpc) is 2.87. The minimum absolute atomic E-state index is 0.315. The van der Waals surface area contributed by atoms with E-state index >= 15 is 0 Å². The van der Waals surface area contributed by atoms with E-state index < -0.39 is 23.7 Å². The Labute approximate surface area is 135 Å². The predicted octanol–water partition coefficient (Wildman–Crippen LogP) is 2.78. The van der Waals surface area contributed by atoms with Crippen LogP contribution in [0.3, 0.4) is 0 Å². The molecule has 1 aromatic carbocycles. The Balaban J connectivity index is 2.16. The lowest BCUT2D eigenvalue weighted by Crippen LogP contribution is -2.45. The Hall–Kier alpha value is -2.50. The third-order valence-corrected chi connectivity index (χ3v) is 3.28. The van der Waals surface area contributed by atoms with E-state index in [1.54, 1.807) is 20.8 Å². The van der Waals surface area contributed by atoms with Crippen molar-refractivity contribution in [3.05, 3.63) is 36.0 Å². The maximum absolute atomic E-state index is 12.0. The Morgan fingerprint density at radius 1 is 1.26 bits per heavy atom. The van der Waals surface area contributed by atoms with Gasteiger partial charge in [0.1, 0.15) is 11.6 Å². The first-order valence-electron chi connectivity index (χ1n) is 7.42. The average molecular weight is 318 g/mol. The molecule has 0 radical (unpaired) electrons. The van der Waals surface area contributed by atoms with Crippen LogP contribution in [0.25, 0.3) is 10.9 Å². The summed E-state index contributed by atoms with van der Waals surface area (Å²) >= 11 is 0. The molecule has 0 bridgehead atoms. The summed E-state index contributed by atoms with van der Waals surface area (Å²) in [5, 5.41) is 3.58. The van der Waals surface area contributed by atoms with E-state index in [1.807, 2.05) is 30.5 Å². The smallest absolute Gasteiger partial charge is 0.408 e. The molecule has 0 spiro atoms. The van der Waals surface area contributed by atoms with E-state index in [4.69, 9.17) is 9.47 Å². The summed E-state index contributed by atoms with van der Waals surface area (Å²) in [6.45, 7) is 5.29. The lowest BCUT2D eigenvalue weighted by atomic mass is 10.1. The number of amides is 1. The van der Waals surface area contributed by atoms with Crippen molar-refractivity contribution >= 4 is 23.0 Å². The topological polar surface area (TPSA) is 80.4 Å². The molecule has 0 unspecified atom stereocenters. The van der Waals surface area contributed by atoms with Crippen molar-refractivity contribution in [3.8, 4) is 0 Å². The molecule has 1 atom stereocenters. The number of nitrogens with one attached hydrogen (secondary N) is 2. The fourth-order valence-corrected chi connectivity index (χ4v) is 2.31. The van der Waals surface area contributed by atoms with Gasteiger partial charge in [-0.2, -0.15) is 0 Å². The Morgan fingerprint density at radius 3 is 2.61 bits per heavy atom. The minimum Gasteiger partial charge on any atom is -0.467 e. The number of methoxy groups -OCH3 is 1. The summed E-state index contributed by atoms with van der Waals surface area (Å²) in [6.07, 6.45) is 1.50. The van der Waals surface area contributed by atoms with Gasteiger partial charge in [-0.25, -0.2) is 9.59 Å². The zero-order chi connectivity index (χ0) is 17.0. The Bertz CT molecular complexity index is 700. The van der Waals surface area contributed by atoms with Crippen molar-refractivity contribution in [3.63, 3.8) is 0 Å². The number of H-pyrrole nitrogens is 1. The van der Waals surface area contributed by atoms with Gasteiger partial charge in [-0.3, -0.25) is 0 Å². The summed E-state index contributed by atoms with van der Waals surface area (Å²) < 4.78 is 9.99. The monoisotopic (exact) mass is 318 g/mol. The number of aromatic amines is 1. The van der Waals surface area contributed by atoms with Gasteiger partial charge in [0.25, 0.3) is 0 Å². The Morgan fingerprint density at radius 2 is 1.96 bits per heavy atom. The van der Waals surface area contributed by atoms with Crippen LogP contribution >= 0.6 is 0 Å². The second kappa shape index (κ2) is 6.73. The highest BCUT2D eigenvalue weighted by Gasteiger charge is 2.26. The number of benzene rings is 1. The number of rotatable bonds is 4. The summed E-state index contributed by atoms with van der Waals surface area (Å²) in [5.74, 6) is -0.513. The molecule has 1 amide bonds. The zero-order valence-electron chi connectivity index (χ0n) is 13.8. The molecule has 0 saturated heterocycles. The summed E-state index contributed by atoms with van der Waals surface area (Å²) in [7, 11) is 1.29. The number of hydrogen-bond acceptors (Lipinski definition) is 4. The summed E-state index contributed by atoms with van der Waals surface area (Å²) in [4.78, 5) is 27.1. The van der Waals surface area contributed by atoms with E-state index in [-0.39, 0.29) is 0 Å². The summed E-state index contributed by atoms with van der Waals surface area (Å²) in [5.41, 5.74) is 1.27. The molecule has 0 aliphatic rings. The zero-order valence-corrected chi connectivity index (χ0v) is 13.8. The SMILES string of the molecule is COC(=O)[C@@H](Cc1c[nH]c2ccccc12)NC(=O)OC(C)(C)C. The van der Waals surface area contributed by atoms with Gasteiger partial charge in [0.05, 0.1) is 7.11 Å². The number of carbonyl (C=O) groups excluding carboxylic acids is 2. The molecular formula is C17H22N2O4. The number of fused-ring (bicyclic) bond motifs is 1. The highest BCUT2D eigenvalue weighted by atomic mass is 16.6. The highest BCUT2D eigenvalue weighted by Crippen LogP contribution is 2.19. The van der Waals surface area contributed by atoms with Crippen LogP contribution in [0.2, 0.25) is 0 Å². The van der Waals surface area contributed by atoms with Gasteiger partial charge < -0.3 is 19.8 Å². The van der Waals surface area contributed by atoms with Gasteiger partial charge in [-0.05, 0) is 32.4 Å². The molecule has 0 saturated carbocycles. The first-order chi connectivity index (χ1) is 10.8. The van der Waals surface area contributed by atoms with E-state index in [0.717, 1.165) is 16.5 Å². The normalized spacial score (nSPS) is 12.7. The minimum atomic E-state index is -0.811. The van der Waals surface area contributed by atoms with Gasteiger partial charge in [-0.15, -0.1) is 0 Å². The van der Waals surface area contributed by atoms with Gasteiger partial charge in [-0.1, -0.05) is 18.2 Å². The van der Waals surface area contributed by atoms with Crippen molar-refractivity contribution in [1.82, 2.24) is 10.3 Å². The van der Waals surface area contributed by atoms with Crippen molar-refractivity contribution in [2.24, 2.45) is 0 Å². The molecule has 0 fully saturated rings. The third-order valence-electron chi connectivity index (χ3n) is 3.28. The molecule has 2 aromatic rings. The molecule has 2 rings (SSSR count). The van der Waals surface area contributed by atoms with Gasteiger partial charge in [0.2, 0.25) is 0 Å². The van der Waals surface area contributed by atoms with Crippen molar-refractivity contribution in [2.75, 3.05) is 7.11 Å². The fraction of sp³-hybridized carbons (Fsp3) is 0.412. The van der Waals surface area contributed by atoms with Crippen LogP contribution in [0.4, 0.5) is 4.79 Å². The maximum atomic E-state index is 12.0. The van der Waals surface area contributed by atoms with Crippen LogP contribution in [0.15, 0.2) is 30.5 Å². The van der Waals surface area contributed by atoms with Crippen LogP contribution in [-0.4, -0.2) is 35.8 Å². The molecule has 1 aromatic heterocycles. The summed E-state index contributed by atoms with van der Waals surface area (Å²) in [6, 6.07) is 6.96. The number of para-hydroxylation sites is 1. The third kappa shape index (κ3) is 4.48. The van der Waals surface area contributed by atoms with Crippen molar-refractivity contribution in [1.29, 1.82) is 0 Å². The van der Waals surface area contributed by atoms with Crippen molar-refractivity contribution in [2.45, 2.75) is 38.8 Å². The molecule has 1 heterocycles. The van der Waals surface area contributed by atoms with Gasteiger partial charge in [0.15, 0.2) is 0 Å². The number of ether oxygens (including phenoxy) is 2. The van der Waals surface area contributed by atoms with E-state index in [2.05, 4.69) is 10.3 Å². The van der Waals surface area contributed by atoms with Gasteiger partial charge in [0, 0.05) is 23.5 Å². The molecule has 0 aliphatic heterocycles. The highest BCUT2D eigenvalue weighted by molar-refractivity contribution is 5.86. The molecular weight excluding hydrogens is 296 g/mol. The number of aromatic nitrogens is 1. The largest absolute Gasteiger partial charge is 0.467 e. The Kier molecular flexibility index (Phi) is 4.93. The standard InChI is InChI=1S/C17H22N2O4/c1-17(2,3)23-16(21)19-14(15(20)22-4)9-11-10-18-13-8-6-5-7-12(11)13/h5-8,10,14,18H,9H2,1-4H3,(H,19,21)/t14-/m1/s1. The van der Waals surface area contributed by atoms with E-state index in [1.165, 1.54) is 7.11 Å². The number of hydrogen-bond donors (Lipinski definition) is 2. The van der Waals surface area contributed by atoms with Gasteiger partial charge >= 0.3 is 12.1 Å². The first-order valence-corrected chi connectivity index (χ1v) is 7.42. The van der Waals surface area contributed by atoms with Crippen LogP contribution in [0, 0.1) is 0 Å². The maximum Gasteiger partial charge on any atom is 0.408 e. The van der Waals surface area contributed by atoms with Crippen LogP contribution in [-0.2, 0) is 20.7 Å². The van der Waals surface area contributed by atoms with Crippen LogP contribution in [0.5, 0.6) is 0 Å².